The zero-order valence-electron chi connectivity index (χ0n) is 9.48. The third kappa shape index (κ3) is 17.3. The molecule has 3 nitrogen and oxygen atoms in total. The summed E-state index contributed by atoms with van der Waals surface area (Å²) in [6, 6.07) is 0. The van der Waals surface area contributed by atoms with Gasteiger partial charge >= 0.3 is 8.25 Å². The van der Waals surface area contributed by atoms with E-state index in [9.17, 15) is 4.57 Å². The summed E-state index contributed by atoms with van der Waals surface area (Å²) in [6.07, 6.45) is 9.80. The molecule has 0 aromatic heterocycles. The Morgan fingerprint density at radius 1 is 1.00 bits per heavy atom. The monoisotopic (exact) mass is 319 g/mol. The van der Waals surface area contributed by atoms with Gasteiger partial charge < -0.3 is 0 Å². The van der Waals surface area contributed by atoms with Crippen molar-refractivity contribution in [2.75, 3.05) is 6.61 Å². The minimum atomic E-state index is -2.38. The van der Waals surface area contributed by atoms with E-state index < -0.39 is 8.25 Å². The molecule has 1 N–H and O–H groups in total. The molecule has 0 fully saturated rings. The van der Waals surface area contributed by atoms with Gasteiger partial charge in [-0.1, -0.05) is 51.9 Å². The van der Waals surface area contributed by atoms with E-state index in [1.165, 1.54) is 38.5 Å². The van der Waals surface area contributed by atoms with Crippen molar-refractivity contribution in [2.45, 2.75) is 58.3 Å². The Morgan fingerprint density at radius 2 is 1.47 bits per heavy atom. The Balaban J connectivity index is 0. The Kier molecular flexibility index (Phi) is 17.7. The number of hydrogen-bond acceptors (Lipinski definition) is 2. The van der Waals surface area contributed by atoms with Crippen LogP contribution in [0.25, 0.3) is 0 Å². The maximum atomic E-state index is 10.1. The number of rotatable bonds is 10. The number of unbranched alkanes of at least 4 members (excludes halogenated alkanes) is 7. The molecule has 0 spiro atoms. The van der Waals surface area contributed by atoms with Crippen LogP contribution in [-0.4, -0.2) is 11.5 Å². The summed E-state index contributed by atoms with van der Waals surface area (Å²) >= 11 is 0. The zero-order valence-corrected chi connectivity index (χ0v) is 12.4. The molecule has 90 valence electrons. The Morgan fingerprint density at radius 3 is 1.93 bits per heavy atom. The molecule has 15 heavy (non-hydrogen) atoms. The molecular weight excluding hydrogens is 295 g/mol. The van der Waals surface area contributed by atoms with E-state index in [1.807, 2.05) is 0 Å². The second-order valence-electron chi connectivity index (χ2n) is 3.55. The molecule has 1 unspecified atom stereocenters. The summed E-state index contributed by atoms with van der Waals surface area (Å²) in [5.74, 6) is 0. The maximum Gasteiger partial charge on any atom is 0.694 e. The second kappa shape index (κ2) is 14.7. The average Bonchev–Trinajstić information content (AvgIpc) is 2.15. The van der Waals surface area contributed by atoms with E-state index in [1.54, 1.807) is 0 Å². The van der Waals surface area contributed by atoms with Crippen LogP contribution in [0.15, 0.2) is 0 Å². The summed E-state index contributed by atoms with van der Waals surface area (Å²) in [4.78, 5) is 8.34. The summed E-state index contributed by atoms with van der Waals surface area (Å²) in [7, 11) is -2.38. The summed E-state index contributed by atoms with van der Waals surface area (Å²) in [5.41, 5.74) is 0. The van der Waals surface area contributed by atoms with E-state index in [0.717, 1.165) is 12.8 Å². The average molecular weight is 317 g/mol. The van der Waals surface area contributed by atoms with Crippen molar-refractivity contribution in [3.63, 3.8) is 0 Å². The number of hydrogen-bond donors (Lipinski definition) is 1. The SMILES string of the molecule is CCCCCCCCCCO[P+](=O)O.[Mo]. The molecule has 0 aromatic carbocycles. The first kappa shape index (κ1) is 18.1. The Labute approximate surface area is 108 Å². The van der Waals surface area contributed by atoms with Gasteiger partial charge in [-0.25, -0.2) is 0 Å². The van der Waals surface area contributed by atoms with Crippen LogP contribution in [0.2, 0.25) is 0 Å². The smallest absolute Gasteiger partial charge is 0.133 e. The maximum absolute atomic E-state index is 10.1. The molecule has 0 saturated carbocycles. The van der Waals surface area contributed by atoms with Gasteiger partial charge in [-0.15, -0.1) is 9.42 Å². The van der Waals surface area contributed by atoms with E-state index in [-0.39, 0.29) is 21.1 Å². The fraction of sp³-hybridized carbons (Fsp3) is 1.00. The molecule has 0 aliphatic heterocycles. The normalized spacial score (nSPS) is 10.9. The molecule has 0 aromatic rings. The molecular formula is C10H22MoO3P+. The van der Waals surface area contributed by atoms with Crippen molar-refractivity contribution < 1.29 is 35.0 Å². The van der Waals surface area contributed by atoms with Crippen LogP contribution in [0.5, 0.6) is 0 Å². The molecule has 0 saturated heterocycles. The summed E-state index contributed by atoms with van der Waals surface area (Å²) in [5, 5.41) is 0. The van der Waals surface area contributed by atoms with Crippen LogP contribution in [0, 0.1) is 0 Å². The molecule has 0 amide bonds. The predicted molar refractivity (Wildman–Crippen MR) is 58.4 cm³/mol. The van der Waals surface area contributed by atoms with Crippen molar-refractivity contribution in [1.29, 1.82) is 0 Å². The van der Waals surface area contributed by atoms with E-state index in [2.05, 4.69) is 11.4 Å². The molecule has 0 radical (unpaired) electrons. The van der Waals surface area contributed by atoms with Gasteiger partial charge in [0.15, 0.2) is 0 Å². The van der Waals surface area contributed by atoms with Crippen LogP contribution in [-0.2, 0) is 30.2 Å². The van der Waals surface area contributed by atoms with Crippen molar-refractivity contribution >= 4 is 8.25 Å². The first-order valence-electron chi connectivity index (χ1n) is 5.56. The van der Waals surface area contributed by atoms with Gasteiger partial charge in [-0.3, -0.25) is 0 Å². The summed E-state index contributed by atoms with van der Waals surface area (Å²) < 4.78 is 14.7. The van der Waals surface area contributed by atoms with E-state index >= 15 is 0 Å². The first-order chi connectivity index (χ1) is 6.77. The van der Waals surface area contributed by atoms with Crippen LogP contribution < -0.4 is 0 Å². The van der Waals surface area contributed by atoms with Gasteiger partial charge in [0.25, 0.3) is 0 Å². The molecule has 0 aliphatic carbocycles. The first-order valence-corrected chi connectivity index (χ1v) is 6.69. The van der Waals surface area contributed by atoms with Gasteiger partial charge in [0.1, 0.15) is 6.61 Å². The third-order valence-corrected chi connectivity index (χ3v) is 2.60. The van der Waals surface area contributed by atoms with Gasteiger partial charge in [0, 0.05) is 25.6 Å². The van der Waals surface area contributed by atoms with Crippen LogP contribution in [0.4, 0.5) is 0 Å². The molecule has 0 heterocycles. The van der Waals surface area contributed by atoms with Gasteiger partial charge in [-0.05, 0) is 6.42 Å². The van der Waals surface area contributed by atoms with Crippen molar-refractivity contribution in [2.24, 2.45) is 0 Å². The predicted octanol–water partition coefficient (Wildman–Crippen LogP) is 3.79. The largest absolute Gasteiger partial charge is 0.694 e. The van der Waals surface area contributed by atoms with Crippen molar-refractivity contribution in [3.8, 4) is 0 Å². The molecule has 0 bridgehead atoms. The van der Waals surface area contributed by atoms with E-state index in [0.29, 0.717) is 6.61 Å². The van der Waals surface area contributed by atoms with Crippen LogP contribution in [0.3, 0.4) is 0 Å². The van der Waals surface area contributed by atoms with Crippen LogP contribution >= 0.6 is 8.25 Å². The molecule has 0 rings (SSSR count). The van der Waals surface area contributed by atoms with Crippen molar-refractivity contribution in [3.05, 3.63) is 0 Å². The van der Waals surface area contributed by atoms with E-state index in [4.69, 9.17) is 4.89 Å². The molecule has 5 heteroatoms. The Bertz CT molecular complexity index is 145. The standard InChI is InChI=1S/C10H21O3P.Mo/c1-2-3-4-5-6-7-8-9-10-13-14(11)12;/h2-10H2,1H3;/p+1. The molecule has 0 aliphatic rings. The van der Waals surface area contributed by atoms with Gasteiger partial charge in [0.05, 0.1) is 0 Å². The minimum Gasteiger partial charge on any atom is -0.133 e. The fourth-order valence-corrected chi connectivity index (χ4v) is 1.66. The quantitative estimate of drug-likeness (QED) is 0.379. The zero-order chi connectivity index (χ0) is 10.6. The van der Waals surface area contributed by atoms with Crippen molar-refractivity contribution in [1.82, 2.24) is 0 Å². The summed E-state index contributed by atoms with van der Waals surface area (Å²) in [6.45, 7) is 2.63. The third-order valence-electron chi connectivity index (χ3n) is 2.20. The van der Waals surface area contributed by atoms with Gasteiger partial charge in [0.2, 0.25) is 0 Å². The topological polar surface area (TPSA) is 46.5 Å². The Hall–Kier alpha value is 0.708. The minimum absolute atomic E-state index is 0. The second-order valence-corrected chi connectivity index (χ2v) is 4.28. The van der Waals surface area contributed by atoms with Gasteiger partial charge in [-0.2, -0.15) is 0 Å². The molecule has 1 atom stereocenters. The fourth-order valence-electron chi connectivity index (χ4n) is 1.38. The van der Waals surface area contributed by atoms with Crippen LogP contribution in [0.1, 0.15) is 58.3 Å².